The van der Waals surface area contributed by atoms with Crippen molar-refractivity contribution in [2.45, 2.75) is 33.2 Å². The third-order valence-electron chi connectivity index (χ3n) is 2.07. The fraction of sp³-hybridized carbons (Fsp3) is 0.467. The molecule has 0 spiro atoms. The first-order valence-electron chi connectivity index (χ1n) is 6.68. The molecule has 2 atom stereocenters. The molecule has 0 aliphatic heterocycles. The molecule has 0 bridgehead atoms. The Bertz CT molecular complexity index is 405. The molecule has 0 aromatic heterocycles. The monoisotopic (exact) mass is 296 g/mol. The number of carbonyl (C=O) groups excluding carboxylic acids is 2. The van der Waals surface area contributed by atoms with Gasteiger partial charge in [-0.05, 0) is 17.9 Å². The Hall–Kier alpha value is -1.25. The standard InChI is InChI=1S/C11H15N2O2P.C4H10/c12-9(11(15)13-7-10(14)16)6-8-4-2-1-3-5-8;1-4(2)3/h1-5,9H,6-7,12,16H2,(H,13,15);4H,1-3H3. The van der Waals surface area contributed by atoms with E-state index in [9.17, 15) is 9.59 Å². The van der Waals surface area contributed by atoms with Gasteiger partial charge in [0.1, 0.15) is 0 Å². The minimum Gasteiger partial charge on any atom is -0.347 e. The molecule has 0 radical (unpaired) electrons. The van der Waals surface area contributed by atoms with E-state index in [4.69, 9.17) is 5.73 Å². The minimum atomic E-state index is -0.619. The second kappa shape index (κ2) is 10.5. The molecule has 112 valence electrons. The van der Waals surface area contributed by atoms with Crippen LogP contribution in [0.4, 0.5) is 0 Å². The van der Waals surface area contributed by atoms with E-state index in [-0.39, 0.29) is 18.0 Å². The number of nitrogens with one attached hydrogen (secondary N) is 1. The fourth-order valence-corrected chi connectivity index (χ4v) is 1.37. The van der Waals surface area contributed by atoms with Crippen LogP contribution in [0.5, 0.6) is 0 Å². The molecule has 4 nitrogen and oxygen atoms in total. The van der Waals surface area contributed by atoms with Crippen molar-refractivity contribution in [2.24, 2.45) is 11.7 Å². The average molecular weight is 296 g/mol. The number of hydrogen-bond acceptors (Lipinski definition) is 3. The molecular formula is C15H25N2O2P. The van der Waals surface area contributed by atoms with Crippen LogP contribution in [0.3, 0.4) is 0 Å². The zero-order valence-corrected chi connectivity index (χ0v) is 13.6. The maximum absolute atomic E-state index is 11.5. The van der Waals surface area contributed by atoms with Crippen molar-refractivity contribution < 1.29 is 9.59 Å². The third-order valence-corrected chi connectivity index (χ3v) is 2.28. The van der Waals surface area contributed by atoms with Crippen LogP contribution in [-0.4, -0.2) is 24.0 Å². The molecule has 1 amide bonds. The van der Waals surface area contributed by atoms with Gasteiger partial charge in [0.25, 0.3) is 0 Å². The Morgan fingerprint density at radius 1 is 1.20 bits per heavy atom. The summed E-state index contributed by atoms with van der Waals surface area (Å²) in [4.78, 5) is 22.1. The highest BCUT2D eigenvalue weighted by atomic mass is 31.0. The van der Waals surface area contributed by atoms with Gasteiger partial charge in [-0.1, -0.05) is 60.3 Å². The molecule has 3 N–H and O–H groups in total. The molecule has 0 fully saturated rings. The van der Waals surface area contributed by atoms with Crippen molar-refractivity contribution in [3.8, 4) is 0 Å². The SMILES string of the molecule is CC(C)C.NC(Cc1ccccc1)C(=O)NCC(=O)P. The lowest BCUT2D eigenvalue weighted by molar-refractivity contribution is -0.124. The van der Waals surface area contributed by atoms with Gasteiger partial charge in [0.15, 0.2) is 5.52 Å². The first kappa shape index (κ1) is 18.8. The number of hydrogen-bond donors (Lipinski definition) is 2. The van der Waals surface area contributed by atoms with E-state index < -0.39 is 6.04 Å². The van der Waals surface area contributed by atoms with Crippen LogP contribution in [0, 0.1) is 5.92 Å². The van der Waals surface area contributed by atoms with Gasteiger partial charge in [0.05, 0.1) is 12.6 Å². The molecule has 20 heavy (non-hydrogen) atoms. The van der Waals surface area contributed by atoms with E-state index >= 15 is 0 Å². The summed E-state index contributed by atoms with van der Waals surface area (Å²) in [6.07, 6.45) is 0.470. The number of rotatable bonds is 5. The summed E-state index contributed by atoms with van der Waals surface area (Å²) in [5.74, 6) is 0.527. The maximum Gasteiger partial charge on any atom is 0.237 e. The van der Waals surface area contributed by atoms with E-state index in [0.29, 0.717) is 6.42 Å². The zero-order valence-electron chi connectivity index (χ0n) is 12.4. The minimum absolute atomic E-state index is 0.00594. The van der Waals surface area contributed by atoms with Crippen LogP contribution >= 0.6 is 9.24 Å². The smallest absolute Gasteiger partial charge is 0.237 e. The lowest BCUT2D eigenvalue weighted by atomic mass is 10.1. The highest BCUT2D eigenvalue weighted by molar-refractivity contribution is 7.40. The van der Waals surface area contributed by atoms with E-state index in [1.165, 1.54) is 0 Å². The molecular weight excluding hydrogens is 271 g/mol. The maximum atomic E-state index is 11.5. The van der Waals surface area contributed by atoms with Crippen molar-refractivity contribution in [3.05, 3.63) is 35.9 Å². The van der Waals surface area contributed by atoms with E-state index in [2.05, 4.69) is 26.1 Å². The normalized spacial score (nSPS) is 11.3. The summed E-state index contributed by atoms with van der Waals surface area (Å²) < 4.78 is 0. The summed E-state index contributed by atoms with van der Waals surface area (Å²) >= 11 is 0. The number of amides is 1. The quantitative estimate of drug-likeness (QED) is 0.813. The highest BCUT2D eigenvalue weighted by Gasteiger charge is 2.13. The van der Waals surface area contributed by atoms with Crippen LogP contribution in [0.15, 0.2) is 30.3 Å². The first-order chi connectivity index (χ1) is 9.32. The van der Waals surface area contributed by atoms with Crippen molar-refractivity contribution >= 4 is 20.7 Å². The van der Waals surface area contributed by atoms with Gasteiger partial charge in [0.2, 0.25) is 5.91 Å². The number of nitrogens with two attached hydrogens (primary N) is 1. The number of carbonyl (C=O) groups is 2. The second-order valence-corrected chi connectivity index (χ2v) is 5.86. The summed E-state index contributed by atoms with van der Waals surface area (Å²) in [7, 11) is 2.00. The van der Waals surface area contributed by atoms with Crippen LogP contribution in [-0.2, 0) is 16.0 Å². The highest BCUT2D eigenvalue weighted by Crippen LogP contribution is 2.01. The van der Waals surface area contributed by atoms with Crippen LogP contribution in [0.2, 0.25) is 0 Å². The predicted molar refractivity (Wildman–Crippen MR) is 86.4 cm³/mol. The van der Waals surface area contributed by atoms with Crippen molar-refractivity contribution in [3.63, 3.8) is 0 Å². The molecule has 1 aromatic rings. The zero-order chi connectivity index (χ0) is 15.5. The predicted octanol–water partition coefficient (Wildman–Crippen LogP) is 1.74. The summed E-state index contributed by atoms with van der Waals surface area (Å²) in [6, 6.07) is 8.90. The number of benzene rings is 1. The fourth-order valence-electron chi connectivity index (χ4n) is 1.27. The van der Waals surface area contributed by atoms with Crippen molar-refractivity contribution in [1.29, 1.82) is 0 Å². The molecule has 0 heterocycles. The summed E-state index contributed by atoms with van der Waals surface area (Å²) in [5.41, 5.74) is 6.54. The first-order valence-corrected chi connectivity index (χ1v) is 7.26. The molecule has 0 aliphatic carbocycles. The molecule has 0 saturated heterocycles. The van der Waals surface area contributed by atoms with Gasteiger partial charge < -0.3 is 11.1 Å². The van der Waals surface area contributed by atoms with Gasteiger partial charge in [-0.25, -0.2) is 0 Å². The Kier molecular flexibility index (Phi) is 9.87. The van der Waals surface area contributed by atoms with Gasteiger partial charge in [-0.2, -0.15) is 0 Å². The van der Waals surface area contributed by atoms with Crippen molar-refractivity contribution in [1.82, 2.24) is 5.32 Å². The largest absolute Gasteiger partial charge is 0.347 e. The molecule has 2 unspecified atom stereocenters. The third kappa shape index (κ3) is 10.7. The summed E-state index contributed by atoms with van der Waals surface area (Å²) in [5, 5.41) is 2.47. The van der Waals surface area contributed by atoms with Gasteiger partial charge >= 0.3 is 0 Å². The molecule has 5 heteroatoms. The van der Waals surface area contributed by atoms with Gasteiger partial charge in [-0.15, -0.1) is 0 Å². The Balaban J connectivity index is 0.000000796. The topological polar surface area (TPSA) is 72.2 Å². The Morgan fingerprint density at radius 2 is 1.70 bits per heavy atom. The Morgan fingerprint density at radius 3 is 2.15 bits per heavy atom. The average Bonchev–Trinajstić information content (AvgIpc) is 2.36. The van der Waals surface area contributed by atoms with E-state index in [1.54, 1.807) is 0 Å². The molecule has 1 rings (SSSR count). The molecule has 0 aliphatic rings. The van der Waals surface area contributed by atoms with Gasteiger partial charge in [-0.3, -0.25) is 9.59 Å². The van der Waals surface area contributed by atoms with E-state index in [0.717, 1.165) is 11.5 Å². The van der Waals surface area contributed by atoms with Crippen molar-refractivity contribution in [2.75, 3.05) is 6.54 Å². The second-order valence-electron chi connectivity index (χ2n) is 5.21. The molecule has 0 saturated carbocycles. The Labute approximate surface area is 123 Å². The van der Waals surface area contributed by atoms with E-state index in [1.807, 2.05) is 39.6 Å². The molecule has 1 aromatic carbocycles. The van der Waals surface area contributed by atoms with Crippen LogP contribution < -0.4 is 11.1 Å². The van der Waals surface area contributed by atoms with Gasteiger partial charge in [0, 0.05) is 0 Å². The lowest BCUT2D eigenvalue weighted by Gasteiger charge is -2.11. The summed E-state index contributed by atoms with van der Waals surface area (Å²) in [6.45, 7) is 6.51. The van der Waals surface area contributed by atoms with Crippen LogP contribution in [0.25, 0.3) is 0 Å². The lowest BCUT2D eigenvalue weighted by Crippen LogP contribution is -2.43. The van der Waals surface area contributed by atoms with Crippen LogP contribution in [0.1, 0.15) is 26.3 Å².